The van der Waals surface area contributed by atoms with Crippen LogP contribution >= 0.6 is 7.82 Å². The van der Waals surface area contributed by atoms with E-state index in [1.165, 1.54) is 7.11 Å². The molecule has 10 atom stereocenters. The maximum absolute atomic E-state index is 14.8. The number of methoxy groups -OCH3 is 1. The average molecular weight is 667 g/mol. The van der Waals surface area contributed by atoms with Gasteiger partial charge in [-0.1, -0.05) is 81.4 Å². The number of phosphoric acid groups is 1. The third-order valence-corrected chi connectivity index (χ3v) is 14.6. The van der Waals surface area contributed by atoms with Crippen LogP contribution in [0.1, 0.15) is 96.1 Å². The standard InChI is InChI=1S/C39H55O7P/c1-27(15-18-36(41)43-4)32-16-17-33-37-34(20-22-39(32,33)3)38(2)21-19-31(40)23-30(38)24-35(37)46-47(42,44-25-28-11-7-5-8-12-28)45-26-29-13-9-6-10-14-29/h5-14,27,30-35,37,40H,15-26H2,1-4H3/t27-,30+,31-,32-,33+,34+,35-,37+,38+,39-/m1/s1. The van der Waals surface area contributed by atoms with E-state index in [9.17, 15) is 14.5 Å². The largest absolute Gasteiger partial charge is 0.475 e. The van der Waals surface area contributed by atoms with Crippen molar-refractivity contribution in [2.24, 2.45) is 46.3 Å². The van der Waals surface area contributed by atoms with Crippen LogP contribution in [-0.4, -0.2) is 30.4 Å². The first kappa shape index (κ1) is 34.8. The summed E-state index contributed by atoms with van der Waals surface area (Å²) >= 11 is 0. The second-order valence-corrected chi connectivity index (χ2v) is 17.2. The zero-order valence-corrected chi connectivity index (χ0v) is 29.6. The quantitative estimate of drug-likeness (QED) is 0.178. The van der Waals surface area contributed by atoms with E-state index >= 15 is 0 Å². The minimum absolute atomic E-state index is 0.107. The van der Waals surface area contributed by atoms with Gasteiger partial charge in [0.05, 0.1) is 32.5 Å². The van der Waals surface area contributed by atoms with Gasteiger partial charge in [0.2, 0.25) is 0 Å². The molecule has 1 N–H and O–H groups in total. The second-order valence-electron chi connectivity index (χ2n) is 15.6. The number of hydrogen-bond acceptors (Lipinski definition) is 7. The van der Waals surface area contributed by atoms with Crippen molar-refractivity contribution >= 4 is 13.8 Å². The molecule has 0 radical (unpaired) electrons. The third-order valence-electron chi connectivity index (χ3n) is 13.2. The molecule has 0 heterocycles. The molecule has 4 aliphatic carbocycles. The van der Waals surface area contributed by atoms with E-state index in [1.807, 2.05) is 60.7 Å². The lowest BCUT2D eigenvalue weighted by Gasteiger charge is -2.63. The van der Waals surface area contributed by atoms with Crippen LogP contribution in [0, 0.1) is 46.3 Å². The molecule has 0 bridgehead atoms. The molecular weight excluding hydrogens is 611 g/mol. The number of hydrogen-bond donors (Lipinski definition) is 1. The summed E-state index contributed by atoms with van der Waals surface area (Å²) < 4.78 is 38.9. The number of ether oxygens (including phenoxy) is 1. The van der Waals surface area contributed by atoms with Gasteiger partial charge < -0.3 is 9.84 Å². The number of esters is 1. The zero-order chi connectivity index (χ0) is 33.2. The number of aliphatic hydroxyl groups is 1. The number of rotatable bonds is 12. The first-order valence-corrected chi connectivity index (χ1v) is 19.4. The summed E-state index contributed by atoms with van der Waals surface area (Å²) in [5, 5.41) is 10.8. The summed E-state index contributed by atoms with van der Waals surface area (Å²) in [4.78, 5) is 12.0. The second kappa shape index (κ2) is 14.5. The molecule has 4 saturated carbocycles. The van der Waals surface area contributed by atoms with Crippen LogP contribution in [0.15, 0.2) is 60.7 Å². The van der Waals surface area contributed by atoms with Crippen LogP contribution in [0.2, 0.25) is 0 Å². The highest BCUT2D eigenvalue weighted by molar-refractivity contribution is 7.48. The monoisotopic (exact) mass is 666 g/mol. The molecule has 6 rings (SSSR count). The van der Waals surface area contributed by atoms with Crippen LogP contribution in [0.5, 0.6) is 0 Å². The van der Waals surface area contributed by atoms with Gasteiger partial charge in [0, 0.05) is 6.42 Å². The van der Waals surface area contributed by atoms with Crippen molar-refractivity contribution in [2.75, 3.05) is 7.11 Å². The Hall–Kier alpha value is -2.02. The van der Waals surface area contributed by atoms with E-state index in [2.05, 4.69) is 20.8 Å². The molecule has 0 spiro atoms. The molecule has 2 aromatic carbocycles. The summed E-state index contributed by atoms with van der Waals surface area (Å²) in [6.07, 6.45) is 8.53. The van der Waals surface area contributed by atoms with Crippen molar-refractivity contribution in [3.63, 3.8) is 0 Å². The number of aliphatic hydroxyl groups excluding tert-OH is 1. The fraction of sp³-hybridized carbons (Fsp3) is 0.667. The Labute approximate surface area is 281 Å². The maximum atomic E-state index is 14.8. The first-order valence-electron chi connectivity index (χ1n) is 17.9. The first-order chi connectivity index (χ1) is 22.5. The average Bonchev–Trinajstić information content (AvgIpc) is 3.44. The van der Waals surface area contributed by atoms with Crippen molar-refractivity contribution in [3.05, 3.63) is 71.8 Å². The Bertz CT molecular complexity index is 1340. The predicted octanol–water partition coefficient (Wildman–Crippen LogP) is 9.13. The van der Waals surface area contributed by atoms with Gasteiger partial charge in [-0.05, 0) is 115 Å². The molecule has 258 valence electrons. The third kappa shape index (κ3) is 7.31. The number of phosphoric ester groups is 1. The van der Waals surface area contributed by atoms with E-state index in [0.717, 1.165) is 68.9 Å². The molecule has 0 aliphatic heterocycles. The number of carbonyl (C=O) groups is 1. The van der Waals surface area contributed by atoms with E-state index in [-0.39, 0.29) is 54.1 Å². The number of benzene rings is 2. The minimum atomic E-state index is -4.00. The lowest BCUT2D eigenvalue weighted by Crippen LogP contribution is -2.59. The van der Waals surface area contributed by atoms with Gasteiger partial charge in [-0.2, -0.15) is 0 Å². The molecule has 2 aromatic rings. The summed E-state index contributed by atoms with van der Waals surface area (Å²) in [5.41, 5.74) is 2.04. The number of fused-ring (bicyclic) bond motifs is 5. The predicted molar refractivity (Wildman–Crippen MR) is 182 cm³/mol. The van der Waals surface area contributed by atoms with Gasteiger partial charge in [-0.15, -0.1) is 0 Å². The highest BCUT2D eigenvalue weighted by Gasteiger charge is 2.64. The fourth-order valence-corrected chi connectivity index (χ4v) is 12.0. The Balaban J connectivity index is 1.30. The molecule has 0 amide bonds. The summed E-state index contributed by atoms with van der Waals surface area (Å²) in [5.74, 6) is 2.11. The SMILES string of the molecule is COC(=O)CC[C@@H](C)[C@H]1CC[C@H]2[C@@H]3[C@H](OP(=O)(OCc4ccccc4)OCc4ccccc4)C[C@@H]4C[C@H](O)CC[C@]4(C)[C@H]3CC[C@]12C. The lowest BCUT2D eigenvalue weighted by atomic mass is 9.43. The van der Waals surface area contributed by atoms with Gasteiger partial charge in [0.1, 0.15) is 0 Å². The lowest BCUT2D eigenvalue weighted by molar-refractivity contribution is -0.172. The molecule has 4 aliphatic rings. The van der Waals surface area contributed by atoms with E-state index < -0.39 is 7.82 Å². The normalized spacial score (nSPS) is 35.7. The van der Waals surface area contributed by atoms with Gasteiger partial charge in [-0.25, -0.2) is 4.57 Å². The van der Waals surface area contributed by atoms with Crippen molar-refractivity contribution in [3.8, 4) is 0 Å². The molecule has 0 saturated heterocycles. The smallest absolute Gasteiger partial charge is 0.469 e. The molecule has 47 heavy (non-hydrogen) atoms. The van der Waals surface area contributed by atoms with Crippen LogP contribution in [-0.2, 0) is 40.9 Å². The van der Waals surface area contributed by atoms with Crippen molar-refractivity contribution in [2.45, 2.75) is 110 Å². The Morgan fingerprint density at radius 3 is 2.09 bits per heavy atom. The van der Waals surface area contributed by atoms with Crippen LogP contribution in [0.4, 0.5) is 0 Å². The molecule has 4 fully saturated rings. The molecule has 0 aromatic heterocycles. The van der Waals surface area contributed by atoms with Crippen LogP contribution in [0.3, 0.4) is 0 Å². The van der Waals surface area contributed by atoms with Gasteiger partial charge >= 0.3 is 13.8 Å². The molecule has 7 nitrogen and oxygen atoms in total. The van der Waals surface area contributed by atoms with Crippen LogP contribution < -0.4 is 0 Å². The van der Waals surface area contributed by atoms with E-state index in [4.69, 9.17) is 18.3 Å². The molecule has 8 heteroatoms. The fourth-order valence-electron chi connectivity index (χ4n) is 10.6. The summed E-state index contributed by atoms with van der Waals surface area (Å²) in [7, 11) is -2.53. The van der Waals surface area contributed by atoms with E-state index in [0.29, 0.717) is 30.1 Å². The van der Waals surface area contributed by atoms with Gasteiger partial charge in [0.15, 0.2) is 0 Å². The summed E-state index contributed by atoms with van der Waals surface area (Å²) in [6.45, 7) is 7.52. The molecule has 0 unspecified atom stereocenters. The Morgan fingerprint density at radius 2 is 1.47 bits per heavy atom. The van der Waals surface area contributed by atoms with Crippen LogP contribution in [0.25, 0.3) is 0 Å². The maximum Gasteiger partial charge on any atom is 0.475 e. The van der Waals surface area contributed by atoms with Crippen molar-refractivity contribution in [1.82, 2.24) is 0 Å². The Morgan fingerprint density at radius 1 is 0.872 bits per heavy atom. The zero-order valence-electron chi connectivity index (χ0n) is 28.7. The summed E-state index contributed by atoms with van der Waals surface area (Å²) in [6, 6.07) is 19.5. The van der Waals surface area contributed by atoms with E-state index in [1.54, 1.807) is 0 Å². The minimum Gasteiger partial charge on any atom is -0.469 e. The highest BCUT2D eigenvalue weighted by Crippen LogP contribution is 2.70. The number of carbonyl (C=O) groups excluding carboxylic acids is 1. The van der Waals surface area contributed by atoms with Crippen molar-refractivity contribution in [1.29, 1.82) is 0 Å². The molecular formula is C39H55O7P. The Kier molecular flexibility index (Phi) is 10.7. The van der Waals surface area contributed by atoms with Gasteiger partial charge in [0.25, 0.3) is 0 Å². The topological polar surface area (TPSA) is 91.3 Å². The van der Waals surface area contributed by atoms with Gasteiger partial charge in [-0.3, -0.25) is 18.4 Å². The highest BCUT2D eigenvalue weighted by atomic mass is 31.2. The van der Waals surface area contributed by atoms with Crippen molar-refractivity contribution < 1.29 is 32.8 Å².